The van der Waals surface area contributed by atoms with Crippen LogP contribution < -0.4 is 4.74 Å². The van der Waals surface area contributed by atoms with Gasteiger partial charge in [-0.05, 0) is 30.5 Å². The first kappa shape index (κ1) is 11.0. The Kier molecular flexibility index (Phi) is 3.47. The van der Waals surface area contributed by atoms with Gasteiger partial charge in [-0.25, -0.2) is 0 Å². The summed E-state index contributed by atoms with van der Waals surface area (Å²) in [4.78, 5) is 5.60. The number of hydrogen-bond acceptors (Lipinski definition) is 3. The number of thioether (sulfide) groups is 1. The van der Waals surface area contributed by atoms with Gasteiger partial charge in [0, 0.05) is 10.5 Å². The molecule has 0 fully saturated rings. The lowest BCUT2D eigenvalue weighted by Gasteiger charge is -2.03. The molecule has 0 aliphatic carbocycles. The molecule has 0 saturated heterocycles. The van der Waals surface area contributed by atoms with Crippen LogP contribution in [-0.4, -0.2) is 18.3 Å². The lowest BCUT2D eigenvalue weighted by atomic mass is 10.1. The van der Waals surface area contributed by atoms with Crippen LogP contribution in [0.2, 0.25) is 0 Å². The van der Waals surface area contributed by atoms with E-state index in [0.29, 0.717) is 0 Å². The minimum absolute atomic E-state index is 0.782. The lowest BCUT2D eigenvalue weighted by Crippen LogP contribution is -1.86. The Hall–Kier alpha value is -1.48. The van der Waals surface area contributed by atoms with Crippen molar-refractivity contribution in [2.45, 2.75) is 4.90 Å². The molecule has 2 nitrogen and oxygen atoms in total. The molecule has 0 spiro atoms. The summed E-state index contributed by atoms with van der Waals surface area (Å²) in [6.07, 6.45) is 3.80. The van der Waals surface area contributed by atoms with Crippen molar-refractivity contribution in [3.8, 4) is 17.0 Å². The van der Waals surface area contributed by atoms with Gasteiger partial charge in [0.2, 0.25) is 0 Å². The molecule has 0 bridgehead atoms. The molecule has 0 N–H and O–H groups in total. The summed E-state index contributed by atoms with van der Waals surface area (Å²) in [5.74, 6) is 0.782. The fourth-order valence-electron chi connectivity index (χ4n) is 1.43. The van der Waals surface area contributed by atoms with Crippen LogP contribution in [0.15, 0.2) is 47.5 Å². The fraction of sp³-hybridized carbons (Fsp3) is 0.154. The Morgan fingerprint density at radius 3 is 2.31 bits per heavy atom. The normalized spacial score (nSPS) is 10.1. The number of benzene rings is 1. The minimum Gasteiger partial charge on any atom is -0.495 e. The molecule has 0 unspecified atom stereocenters. The van der Waals surface area contributed by atoms with Gasteiger partial charge in [-0.2, -0.15) is 0 Å². The zero-order chi connectivity index (χ0) is 11.4. The van der Waals surface area contributed by atoms with Gasteiger partial charge in [0.15, 0.2) is 0 Å². The van der Waals surface area contributed by atoms with Crippen LogP contribution in [0, 0.1) is 0 Å². The highest BCUT2D eigenvalue weighted by Gasteiger charge is 1.99. The predicted molar refractivity (Wildman–Crippen MR) is 68.0 cm³/mol. The summed E-state index contributed by atoms with van der Waals surface area (Å²) in [7, 11) is 1.64. The lowest BCUT2D eigenvalue weighted by molar-refractivity contribution is 0.413. The number of pyridine rings is 1. The summed E-state index contributed by atoms with van der Waals surface area (Å²) in [6, 6.07) is 12.3. The van der Waals surface area contributed by atoms with E-state index in [4.69, 9.17) is 4.74 Å². The monoisotopic (exact) mass is 231 g/mol. The van der Waals surface area contributed by atoms with E-state index in [1.807, 2.05) is 12.1 Å². The van der Waals surface area contributed by atoms with Crippen LogP contribution in [-0.2, 0) is 0 Å². The first-order chi connectivity index (χ1) is 7.83. The average Bonchev–Trinajstić information content (AvgIpc) is 2.39. The second-order valence-corrected chi connectivity index (χ2v) is 4.19. The molecule has 1 heterocycles. The summed E-state index contributed by atoms with van der Waals surface area (Å²) in [5.41, 5.74) is 2.09. The number of methoxy groups -OCH3 is 1. The first-order valence-electron chi connectivity index (χ1n) is 4.98. The number of ether oxygens (including phenoxy) is 1. The van der Waals surface area contributed by atoms with Gasteiger partial charge >= 0.3 is 0 Å². The summed E-state index contributed by atoms with van der Waals surface area (Å²) in [6.45, 7) is 0. The van der Waals surface area contributed by atoms with E-state index >= 15 is 0 Å². The summed E-state index contributed by atoms with van der Waals surface area (Å²) in [5, 5.41) is 0. The molecule has 0 amide bonds. The molecule has 0 saturated carbocycles. The van der Waals surface area contributed by atoms with E-state index in [1.165, 1.54) is 4.90 Å². The van der Waals surface area contributed by atoms with Crippen LogP contribution in [0.3, 0.4) is 0 Å². The van der Waals surface area contributed by atoms with Crippen LogP contribution in [0.4, 0.5) is 0 Å². The predicted octanol–water partition coefficient (Wildman–Crippen LogP) is 3.48. The van der Waals surface area contributed by atoms with Gasteiger partial charge in [-0.15, -0.1) is 11.8 Å². The van der Waals surface area contributed by atoms with Crippen molar-refractivity contribution in [1.82, 2.24) is 4.98 Å². The van der Waals surface area contributed by atoms with Gasteiger partial charge in [0.25, 0.3) is 0 Å². The summed E-state index contributed by atoms with van der Waals surface area (Å²) < 4.78 is 5.08. The van der Waals surface area contributed by atoms with Gasteiger partial charge in [-0.1, -0.05) is 12.1 Å². The highest BCUT2D eigenvalue weighted by molar-refractivity contribution is 7.98. The number of rotatable bonds is 3. The smallest absolute Gasteiger partial charge is 0.137 e. The standard InChI is InChI=1S/C13H13NOS/c1-15-11-5-8-13(14-9-11)10-3-6-12(16-2)7-4-10/h3-9H,1-2H3. The first-order valence-corrected chi connectivity index (χ1v) is 6.20. The second-order valence-electron chi connectivity index (χ2n) is 3.31. The molecule has 0 aliphatic heterocycles. The molecule has 0 aliphatic rings. The van der Waals surface area contributed by atoms with E-state index in [2.05, 4.69) is 35.5 Å². The Morgan fingerprint density at radius 2 is 1.81 bits per heavy atom. The molecule has 3 heteroatoms. The van der Waals surface area contributed by atoms with Gasteiger partial charge < -0.3 is 4.74 Å². The third kappa shape index (κ3) is 2.36. The molecule has 16 heavy (non-hydrogen) atoms. The molecule has 2 aromatic rings. The van der Waals surface area contributed by atoms with Crippen molar-refractivity contribution in [2.75, 3.05) is 13.4 Å². The van der Waals surface area contributed by atoms with E-state index in [-0.39, 0.29) is 0 Å². The quantitative estimate of drug-likeness (QED) is 0.755. The van der Waals surface area contributed by atoms with Gasteiger partial charge in [0.05, 0.1) is 19.0 Å². The molecular weight excluding hydrogens is 218 g/mol. The van der Waals surface area contributed by atoms with Crippen molar-refractivity contribution in [1.29, 1.82) is 0 Å². The third-order valence-corrected chi connectivity index (χ3v) is 3.10. The molecule has 2 rings (SSSR count). The molecule has 0 radical (unpaired) electrons. The third-order valence-electron chi connectivity index (χ3n) is 2.36. The largest absolute Gasteiger partial charge is 0.495 e. The van der Waals surface area contributed by atoms with Gasteiger partial charge in [-0.3, -0.25) is 4.98 Å². The molecule has 0 atom stereocenters. The number of nitrogens with zero attached hydrogens (tertiary/aromatic N) is 1. The number of aromatic nitrogens is 1. The Bertz CT molecular complexity index is 405. The van der Waals surface area contributed by atoms with Crippen LogP contribution in [0.25, 0.3) is 11.3 Å². The van der Waals surface area contributed by atoms with E-state index < -0.39 is 0 Å². The van der Waals surface area contributed by atoms with Crippen LogP contribution in [0.1, 0.15) is 0 Å². The topological polar surface area (TPSA) is 22.1 Å². The van der Waals surface area contributed by atoms with Crippen molar-refractivity contribution in [3.63, 3.8) is 0 Å². The highest BCUT2D eigenvalue weighted by Crippen LogP contribution is 2.22. The Balaban J connectivity index is 2.28. The van der Waals surface area contributed by atoms with E-state index in [9.17, 15) is 0 Å². The van der Waals surface area contributed by atoms with E-state index in [0.717, 1.165) is 17.0 Å². The molecule has 1 aromatic carbocycles. The Labute approximate surface area is 99.7 Å². The fourth-order valence-corrected chi connectivity index (χ4v) is 1.84. The van der Waals surface area contributed by atoms with Crippen molar-refractivity contribution < 1.29 is 4.74 Å². The Morgan fingerprint density at radius 1 is 1.06 bits per heavy atom. The van der Waals surface area contributed by atoms with Crippen molar-refractivity contribution in [2.24, 2.45) is 0 Å². The van der Waals surface area contributed by atoms with Crippen molar-refractivity contribution >= 4 is 11.8 Å². The average molecular weight is 231 g/mol. The zero-order valence-corrected chi connectivity index (χ0v) is 10.1. The SMILES string of the molecule is COc1ccc(-c2ccc(SC)cc2)nc1. The maximum Gasteiger partial charge on any atom is 0.137 e. The van der Waals surface area contributed by atoms with Gasteiger partial charge in [0.1, 0.15) is 5.75 Å². The van der Waals surface area contributed by atoms with Crippen LogP contribution >= 0.6 is 11.8 Å². The zero-order valence-electron chi connectivity index (χ0n) is 9.31. The van der Waals surface area contributed by atoms with Crippen molar-refractivity contribution in [3.05, 3.63) is 42.6 Å². The summed E-state index contributed by atoms with van der Waals surface area (Å²) >= 11 is 1.74. The maximum atomic E-state index is 5.08. The molecule has 82 valence electrons. The second kappa shape index (κ2) is 5.03. The molecule has 1 aromatic heterocycles. The number of hydrogen-bond donors (Lipinski definition) is 0. The van der Waals surface area contributed by atoms with E-state index in [1.54, 1.807) is 25.1 Å². The maximum absolute atomic E-state index is 5.08. The highest BCUT2D eigenvalue weighted by atomic mass is 32.2. The minimum atomic E-state index is 0.782. The van der Waals surface area contributed by atoms with Crippen LogP contribution in [0.5, 0.6) is 5.75 Å². The molecular formula is C13H13NOS.